The van der Waals surface area contributed by atoms with Gasteiger partial charge in [0.15, 0.2) is 5.13 Å². The molecule has 1 saturated carbocycles. The largest absolute Gasteiger partial charge is 0.481 e. The van der Waals surface area contributed by atoms with Crippen LogP contribution >= 0.6 is 11.3 Å². The number of nitrogens with zero attached hydrogens (tertiary/aromatic N) is 1. The summed E-state index contributed by atoms with van der Waals surface area (Å²) in [7, 11) is 0. The van der Waals surface area contributed by atoms with Gasteiger partial charge < -0.3 is 10.4 Å². The molecular weight excluding hydrogens is 264 g/mol. The lowest BCUT2D eigenvalue weighted by molar-refractivity contribution is -0.146. The van der Waals surface area contributed by atoms with Crippen molar-refractivity contribution in [2.45, 2.75) is 13.3 Å². The predicted molar refractivity (Wildman–Crippen MR) is 70.8 cm³/mol. The van der Waals surface area contributed by atoms with Crippen molar-refractivity contribution in [3.05, 3.63) is 23.2 Å². The van der Waals surface area contributed by atoms with Crippen LogP contribution < -0.4 is 5.32 Å². The summed E-state index contributed by atoms with van der Waals surface area (Å²) in [6.45, 7) is 1.85. The smallest absolute Gasteiger partial charge is 0.307 e. The van der Waals surface area contributed by atoms with Crippen LogP contribution in [0.4, 0.5) is 5.13 Å². The number of hydrogen-bond acceptors (Lipinski definition) is 4. The maximum Gasteiger partial charge on any atom is 0.307 e. The zero-order chi connectivity index (χ0) is 13.6. The Labute approximate surface area is 114 Å². The number of hydrogen-bond donors (Lipinski definition) is 2. The van der Waals surface area contributed by atoms with Gasteiger partial charge in [0.05, 0.1) is 17.5 Å². The molecule has 100 valence electrons. The minimum Gasteiger partial charge on any atom is -0.481 e. The van der Waals surface area contributed by atoms with Crippen molar-refractivity contribution < 1.29 is 14.7 Å². The molecule has 2 aliphatic carbocycles. The fourth-order valence-corrected chi connectivity index (χ4v) is 3.81. The Hall–Kier alpha value is -1.69. The number of aryl methyl sites for hydroxylation is 1. The zero-order valence-electron chi connectivity index (χ0n) is 10.4. The second-order valence-corrected chi connectivity index (χ2v) is 5.98. The van der Waals surface area contributed by atoms with Crippen LogP contribution in [0.2, 0.25) is 0 Å². The summed E-state index contributed by atoms with van der Waals surface area (Å²) in [6.07, 6.45) is 4.67. The van der Waals surface area contributed by atoms with E-state index in [0.717, 1.165) is 12.1 Å². The highest BCUT2D eigenvalue weighted by molar-refractivity contribution is 7.13. The minimum absolute atomic E-state index is 0.00344. The third-order valence-electron chi connectivity index (χ3n) is 3.90. The van der Waals surface area contributed by atoms with E-state index in [-0.39, 0.29) is 17.7 Å². The topological polar surface area (TPSA) is 79.3 Å². The van der Waals surface area contributed by atoms with Gasteiger partial charge in [-0.05, 0) is 25.2 Å². The molecule has 4 atom stereocenters. The molecule has 1 heterocycles. The summed E-state index contributed by atoms with van der Waals surface area (Å²) in [6, 6.07) is 0. The summed E-state index contributed by atoms with van der Waals surface area (Å²) < 4.78 is 0. The van der Waals surface area contributed by atoms with Crippen molar-refractivity contribution in [1.29, 1.82) is 0 Å². The summed E-state index contributed by atoms with van der Waals surface area (Å²) in [4.78, 5) is 27.8. The molecule has 1 aromatic heterocycles. The number of aliphatic carboxylic acids is 1. The Morgan fingerprint density at radius 1 is 1.37 bits per heavy atom. The van der Waals surface area contributed by atoms with Gasteiger partial charge in [0.1, 0.15) is 0 Å². The fourth-order valence-electron chi connectivity index (χ4n) is 3.12. The number of carboxylic acid groups (broad SMARTS) is 1. The summed E-state index contributed by atoms with van der Waals surface area (Å²) in [5.74, 6) is -2.14. The first-order chi connectivity index (χ1) is 9.06. The lowest BCUT2D eigenvalue weighted by Gasteiger charge is -2.23. The van der Waals surface area contributed by atoms with E-state index in [1.54, 1.807) is 0 Å². The van der Waals surface area contributed by atoms with Gasteiger partial charge in [-0.3, -0.25) is 9.59 Å². The molecule has 0 aliphatic heterocycles. The van der Waals surface area contributed by atoms with Gasteiger partial charge in [-0.1, -0.05) is 12.2 Å². The van der Waals surface area contributed by atoms with Crippen LogP contribution in [0, 0.1) is 30.6 Å². The highest BCUT2D eigenvalue weighted by atomic mass is 32.1. The molecule has 0 aromatic carbocycles. The molecular formula is C13H14N2O3S. The Kier molecular flexibility index (Phi) is 2.89. The van der Waals surface area contributed by atoms with Crippen molar-refractivity contribution in [2.75, 3.05) is 5.32 Å². The number of allylic oxidation sites excluding steroid dienone is 2. The maximum absolute atomic E-state index is 12.3. The van der Waals surface area contributed by atoms with Gasteiger partial charge in [0.2, 0.25) is 5.91 Å². The molecule has 1 aromatic rings. The SMILES string of the molecule is Cc1csc(NC(=O)[C@@H]2[C@H](C(=O)O)[C@H]3C=C[C@H]2C3)n1. The van der Waals surface area contributed by atoms with Crippen LogP contribution in [0.5, 0.6) is 0 Å². The summed E-state index contributed by atoms with van der Waals surface area (Å²) in [5, 5.41) is 14.4. The number of thiazole rings is 1. The van der Waals surface area contributed by atoms with E-state index < -0.39 is 17.8 Å². The fraction of sp³-hybridized carbons (Fsp3) is 0.462. The van der Waals surface area contributed by atoms with Crippen LogP contribution in [-0.2, 0) is 9.59 Å². The molecule has 6 heteroatoms. The molecule has 2 aliphatic rings. The number of aromatic nitrogens is 1. The number of carbonyl (C=O) groups is 2. The predicted octanol–water partition coefficient (Wildman–Crippen LogP) is 1.91. The van der Waals surface area contributed by atoms with Crippen molar-refractivity contribution in [2.24, 2.45) is 23.7 Å². The van der Waals surface area contributed by atoms with Gasteiger partial charge in [-0.15, -0.1) is 11.3 Å². The van der Waals surface area contributed by atoms with Gasteiger partial charge >= 0.3 is 5.97 Å². The normalized spacial score (nSPS) is 31.6. The third kappa shape index (κ3) is 2.06. The van der Waals surface area contributed by atoms with Crippen LogP contribution in [0.1, 0.15) is 12.1 Å². The highest BCUT2D eigenvalue weighted by Crippen LogP contribution is 2.48. The standard InChI is InChI=1S/C13H14N2O3S/c1-6-5-19-13(14-6)15-11(16)9-7-2-3-8(4-7)10(9)12(17)18/h2-3,5,7-10H,4H2,1H3,(H,17,18)(H,14,15,16)/t7-,8-,9-,10+/m0/s1. The van der Waals surface area contributed by atoms with Crippen molar-refractivity contribution in [3.8, 4) is 0 Å². The molecule has 1 fully saturated rings. The quantitative estimate of drug-likeness (QED) is 0.828. The number of carbonyl (C=O) groups excluding carboxylic acids is 1. The van der Waals surface area contributed by atoms with E-state index >= 15 is 0 Å². The first-order valence-electron chi connectivity index (χ1n) is 6.20. The number of fused-ring (bicyclic) bond motifs is 2. The first kappa shape index (κ1) is 12.3. The average Bonchev–Trinajstić information content (AvgIpc) is 3.03. The number of rotatable bonds is 3. The molecule has 2 N–H and O–H groups in total. The maximum atomic E-state index is 12.3. The Morgan fingerprint density at radius 2 is 2.05 bits per heavy atom. The van der Waals surface area contributed by atoms with Gasteiger partial charge in [-0.25, -0.2) is 4.98 Å². The van der Waals surface area contributed by atoms with Crippen molar-refractivity contribution in [3.63, 3.8) is 0 Å². The van der Waals surface area contributed by atoms with Crippen LogP contribution in [0.25, 0.3) is 0 Å². The van der Waals surface area contributed by atoms with Crippen molar-refractivity contribution in [1.82, 2.24) is 4.98 Å². The monoisotopic (exact) mass is 278 g/mol. The van der Waals surface area contributed by atoms with Crippen molar-refractivity contribution >= 4 is 28.3 Å². The number of carboxylic acids is 1. The molecule has 0 radical (unpaired) electrons. The van der Waals surface area contributed by atoms with E-state index in [9.17, 15) is 14.7 Å². The highest BCUT2D eigenvalue weighted by Gasteiger charge is 2.51. The van der Waals surface area contributed by atoms with E-state index in [1.165, 1.54) is 11.3 Å². The lowest BCUT2D eigenvalue weighted by atomic mass is 9.82. The second kappa shape index (κ2) is 4.45. The molecule has 3 rings (SSSR count). The molecule has 0 spiro atoms. The van der Waals surface area contributed by atoms with Gasteiger partial charge in [0.25, 0.3) is 0 Å². The third-order valence-corrected chi connectivity index (χ3v) is 4.77. The second-order valence-electron chi connectivity index (χ2n) is 5.12. The van der Waals surface area contributed by atoms with E-state index in [0.29, 0.717) is 5.13 Å². The van der Waals surface area contributed by atoms with E-state index in [4.69, 9.17) is 0 Å². The van der Waals surface area contributed by atoms with Crippen LogP contribution in [0.15, 0.2) is 17.5 Å². The molecule has 19 heavy (non-hydrogen) atoms. The zero-order valence-corrected chi connectivity index (χ0v) is 11.2. The molecule has 0 unspecified atom stereocenters. The Balaban J connectivity index is 1.79. The van der Waals surface area contributed by atoms with E-state index in [2.05, 4.69) is 10.3 Å². The van der Waals surface area contributed by atoms with Gasteiger partial charge in [-0.2, -0.15) is 0 Å². The number of amides is 1. The Morgan fingerprint density at radius 3 is 2.63 bits per heavy atom. The van der Waals surface area contributed by atoms with E-state index in [1.807, 2.05) is 24.5 Å². The molecule has 0 saturated heterocycles. The summed E-state index contributed by atoms with van der Waals surface area (Å²) >= 11 is 1.36. The molecule has 1 amide bonds. The van der Waals surface area contributed by atoms with Gasteiger partial charge in [0, 0.05) is 5.38 Å². The minimum atomic E-state index is -0.882. The summed E-state index contributed by atoms with van der Waals surface area (Å²) in [5.41, 5.74) is 0.850. The van der Waals surface area contributed by atoms with Crippen LogP contribution in [-0.4, -0.2) is 22.0 Å². The average molecular weight is 278 g/mol. The number of anilines is 1. The molecule has 5 nitrogen and oxygen atoms in total. The lowest BCUT2D eigenvalue weighted by Crippen LogP contribution is -2.36. The number of nitrogens with one attached hydrogen (secondary N) is 1. The Bertz CT molecular complexity index is 566. The first-order valence-corrected chi connectivity index (χ1v) is 7.08. The molecule has 2 bridgehead atoms. The van der Waals surface area contributed by atoms with Crippen LogP contribution in [0.3, 0.4) is 0 Å².